The lowest BCUT2D eigenvalue weighted by molar-refractivity contribution is 0.299. The second kappa shape index (κ2) is 8.72. The van der Waals surface area contributed by atoms with Crippen molar-refractivity contribution in [1.82, 2.24) is 24.8 Å². The summed E-state index contributed by atoms with van der Waals surface area (Å²) in [5.41, 5.74) is 4.20. The Morgan fingerprint density at radius 3 is 2.38 bits per heavy atom. The maximum atomic E-state index is 5.84. The molecule has 5 aromatic rings. The van der Waals surface area contributed by atoms with Crippen LogP contribution in [-0.2, 0) is 6.54 Å². The molecule has 0 bridgehead atoms. The van der Waals surface area contributed by atoms with Crippen LogP contribution in [0.3, 0.4) is 0 Å². The molecule has 0 saturated carbocycles. The molecule has 1 saturated heterocycles. The molecule has 6 heteroatoms. The molecule has 3 aromatic heterocycles. The number of nitrogens with zero attached hydrogens (tertiary/aromatic N) is 4. The molecule has 34 heavy (non-hydrogen) atoms. The zero-order valence-corrected chi connectivity index (χ0v) is 19.3. The molecule has 2 atom stereocenters. The molecule has 2 aromatic carbocycles. The summed E-state index contributed by atoms with van der Waals surface area (Å²) in [6.45, 7) is 0.615. The van der Waals surface area contributed by atoms with Gasteiger partial charge >= 0.3 is 0 Å². The van der Waals surface area contributed by atoms with Crippen LogP contribution in [0.25, 0.3) is 16.5 Å². The minimum absolute atomic E-state index is 0.0501. The lowest BCUT2D eigenvalue weighted by Gasteiger charge is -2.28. The molecule has 1 aliphatic heterocycles. The number of fused-ring (bicyclic) bond motifs is 1. The summed E-state index contributed by atoms with van der Waals surface area (Å²) in [4.78, 5) is 11.4. The molecule has 0 radical (unpaired) electrons. The Labute approximate surface area is 203 Å². The fourth-order valence-corrected chi connectivity index (χ4v) is 5.07. The number of pyridine rings is 2. The van der Waals surface area contributed by atoms with Gasteiger partial charge in [0.1, 0.15) is 0 Å². The highest BCUT2D eigenvalue weighted by Gasteiger charge is 2.41. The van der Waals surface area contributed by atoms with Crippen LogP contribution in [-0.4, -0.2) is 24.5 Å². The molecule has 6 rings (SSSR count). The first-order valence-electron chi connectivity index (χ1n) is 11.3. The second-order valence-corrected chi connectivity index (χ2v) is 8.80. The number of nitrogens with one attached hydrogen (secondary N) is 1. The third-order valence-electron chi connectivity index (χ3n) is 6.35. The Bertz CT molecular complexity index is 1450. The van der Waals surface area contributed by atoms with Crippen LogP contribution in [0.1, 0.15) is 29.2 Å². The van der Waals surface area contributed by atoms with Crippen LogP contribution in [0.5, 0.6) is 0 Å². The average molecular weight is 462 g/mol. The van der Waals surface area contributed by atoms with Gasteiger partial charge in [-0.3, -0.25) is 9.97 Å². The van der Waals surface area contributed by atoms with E-state index in [-0.39, 0.29) is 12.1 Å². The van der Waals surface area contributed by atoms with E-state index in [4.69, 9.17) is 12.2 Å². The van der Waals surface area contributed by atoms with E-state index in [1.165, 1.54) is 10.8 Å². The molecule has 0 amide bonds. The van der Waals surface area contributed by atoms with E-state index >= 15 is 0 Å². The van der Waals surface area contributed by atoms with Gasteiger partial charge in [-0.15, -0.1) is 0 Å². The highest BCUT2D eigenvalue weighted by Crippen LogP contribution is 2.40. The van der Waals surface area contributed by atoms with E-state index < -0.39 is 0 Å². The first kappa shape index (κ1) is 20.6. The van der Waals surface area contributed by atoms with Gasteiger partial charge < -0.3 is 14.8 Å². The van der Waals surface area contributed by atoms with Crippen molar-refractivity contribution in [3.8, 4) is 5.69 Å². The number of benzene rings is 2. The summed E-state index contributed by atoms with van der Waals surface area (Å²) in [6, 6.07) is 31.2. The molecule has 166 valence electrons. The van der Waals surface area contributed by atoms with Gasteiger partial charge in [0.25, 0.3) is 0 Å². The van der Waals surface area contributed by atoms with E-state index in [9.17, 15) is 0 Å². The zero-order valence-electron chi connectivity index (χ0n) is 18.5. The summed E-state index contributed by atoms with van der Waals surface area (Å²) in [6.07, 6.45) is 5.78. The van der Waals surface area contributed by atoms with Crippen molar-refractivity contribution in [2.45, 2.75) is 18.6 Å². The lowest BCUT2D eigenvalue weighted by atomic mass is 10.0. The van der Waals surface area contributed by atoms with Crippen molar-refractivity contribution in [3.63, 3.8) is 0 Å². The smallest absolute Gasteiger partial charge is 0.170 e. The minimum Gasteiger partial charge on any atom is -0.352 e. The van der Waals surface area contributed by atoms with E-state index in [1.54, 1.807) is 0 Å². The lowest BCUT2D eigenvalue weighted by Crippen LogP contribution is -2.30. The molecule has 5 nitrogen and oxygen atoms in total. The standard InChI is InChI=1S/C28H23N5S/c34-28-31-26(24-11-4-6-16-30-24)27(33(28)19-22-10-3-5-15-29-22)25-12-7-17-32(25)23-14-13-20-8-1-2-9-21(20)18-23/h1-18,26-27H,19H2,(H,31,34). The Morgan fingerprint density at radius 2 is 1.59 bits per heavy atom. The van der Waals surface area contributed by atoms with Crippen LogP contribution in [0.15, 0.2) is 110 Å². The summed E-state index contributed by atoms with van der Waals surface area (Å²) in [5.74, 6) is 0. The van der Waals surface area contributed by atoms with Gasteiger partial charge in [-0.1, -0.05) is 42.5 Å². The summed E-state index contributed by atoms with van der Waals surface area (Å²) in [5, 5.41) is 6.69. The number of thiocarbonyl (C=S) groups is 1. The van der Waals surface area contributed by atoms with Gasteiger partial charge in [0, 0.05) is 30.0 Å². The van der Waals surface area contributed by atoms with Crippen molar-refractivity contribution in [2.75, 3.05) is 0 Å². The summed E-state index contributed by atoms with van der Waals surface area (Å²) >= 11 is 5.84. The maximum Gasteiger partial charge on any atom is 0.170 e. The summed E-state index contributed by atoms with van der Waals surface area (Å²) in [7, 11) is 0. The molecule has 2 unspecified atom stereocenters. The van der Waals surface area contributed by atoms with Crippen molar-refractivity contribution in [3.05, 3.63) is 127 Å². The van der Waals surface area contributed by atoms with Crippen LogP contribution >= 0.6 is 12.2 Å². The van der Waals surface area contributed by atoms with Gasteiger partial charge in [-0.25, -0.2) is 0 Å². The second-order valence-electron chi connectivity index (χ2n) is 8.41. The average Bonchev–Trinajstić information content (AvgIpc) is 3.49. The molecular formula is C28H23N5S. The van der Waals surface area contributed by atoms with E-state index in [0.717, 1.165) is 22.8 Å². The van der Waals surface area contributed by atoms with Crippen molar-refractivity contribution in [1.29, 1.82) is 0 Å². The quantitative estimate of drug-likeness (QED) is 0.346. The fraction of sp³-hybridized carbons (Fsp3) is 0.107. The van der Waals surface area contributed by atoms with Crippen LogP contribution in [0.4, 0.5) is 0 Å². The van der Waals surface area contributed by atoms with Gasteiger partial charge in [0.05, 0.1) is 30.0 Å². The first-order valence-corrected chi connectivity index (χ1v) is 11.7. The largest absolute Gasteiger partial charge is 0.352 e. The minimum atomic E-state index is -0.0773. The van der Waals surface area contributed by atoms with Crippen molar-refractivity contribution >= 4 is 28.1 Å². The van der Waals surface area contributed by atoms with Crippen molar-refractivity contribution < 1.29 is 0 Å². The topological polar surface area (TPSA) is 46.0 Å². The van der Waals surface area contributed by atoms with Gasteiger partial charge in [-0.2, -0.15) is 0 Å². The van der Waals surface area contributed by atoms with E-state index in [1.807, 2.05) is 42.7 Å². The maximum absolute atomic E-state index is 5.84. The monoisotopic (exact) mass is 461 g/mol. The zero-order chi connectivity index (χ0) is 22.9. The highest BCUT2D eigenvalue weighted by atomic mass is 32.1. The molecule has 4 heterocycles. The van der Waals surface area contributed by atoms with E-state index in [2.05, 4.69) is 91.6 Å². The molecule has 0 spiro atoms. The number of rotatable bonds is 5. The fourth-order valence-electron chi connectivity index (χ4n) is 4.76. The molecular weight excluding hydrogens is 438 g/mol. The normalized spacial score (nSPS) is 17.8. The van der Waals surface area contributed by atoms with Gasteiger partial charge in [0.15, 0.2) is 5.11 Å². The van der Waals surface area contributed by atoms with Gasteiger partial charge in [-0.05, 0) is 71.5 Å². The Morgan fingerprint density at radius 1 is 0.794 bits per heavy atom. The van der Waals surface area contributed by atoms with Crippen molar-refractivity contribution in [2.24, 2.45) is 0 Å². The van der Waals surface area contributed by atoms with Crippen LogP contribution in [0.2, 0.25) is 0 Å². The number of aromatic nitrogens is 3. The van der Waals surface area contributed by atoms with Crippen LogP contribution in [0, 0.1) is 0 Å². The van der Waals surface area contributed by atoms with Gasteiger partial charge in [0.2, 0.25) is 0 Å². The molecule has 1 N–H and O–H groups in total. The molecule has 1 fully saturated rings. The Balaban J connectivity index is 1.46. The summed E-state index contributed by atoms with van der Waals surface area (Å²) < 4.78 is 2.26. The third kappa shape index (κ3) is 3.72. The third-order valence-corrected chi connectivity index (χ3v) is 6.70. The number of hydrogen-bond acceptors (Lipinski definition) is 3. The molecule has 1 aliphatic rings. The SMILES string of the molecule is S=C1NC(c2ccccn2)C(c2cccn2-c2ccc3ccccc3c2)N1Cc1ccccn1. The highest BCUT2D eigenvalue weighted by molar-refractivity contribution is 7.80. The Hall–Kier alpha value is -4.03. The molecule has 0 aliphatic carbocycles. The van der Waals surface area contributed by atoms with E-state index in [0.29, 0.717) is 11.7 Å². The van der Waals surface area contributed by atoms with Crippen LogP contribution < -0.4 is 5.32 Å². The first-order chi connectivity index (χ1) is 16.8. The Kier molecular flexibility index (Phi) is 5.28. The predicted molar refractivity (Wildman–Crippen MR) is 139 cm³/mol. The predicted octanol–water partition coefficient (Wildman–Crippen LogP) is 5.59. The number of hydrogen-bond donors (Lipinski definition) is 1.